The lowest BCUT2D eigenvalue weighted by atomic mass is 9.84. The number of nitrogens with zero attached hydrogens (tertiary/aromatic N) is 6. The molecule has 0 radical (unpaired) electrons. The normalized spacial score (nSPS) is 22.2. The fourth-order valence-electron chi connectivity index (χ4n) is 5.96. The van der Waals surface area contributed by atoms with Gasteiger partial charge in [-0.1, -0.05) is 5.22 Å². The molecule has 0 spiro atoms. The lowest BCUT2D eigenvalue weighted by molar-refractivity contribution is 0.0501. The van der Waals surface area contributed by atoms with Crippen LogP contribution in [0.3, 0.4) is 0 Å². The molecule has 3 aliphatic rings. The summed E-state index contributed by atoms with van der Waals surface area (Å²) in [6.07, 6.45) is 7.41. The van der Waals surface area contributed by atoms with Crippen molar-refractivity contribution < 1.29 is 9.18 Å². The van der Waals surface area contributed by atoms with Crippen molar-refractivity contribution >= 4 is 29.2 Å². The van der Waals surface area contributed by atoms with Crippen LogP contribution in [0.15, 0.2) is 23.6 Å². The topological polar surface area (TPSA) is 145 Å². The quantitative estimate of drug-likeness (QED) is 0.296. The lowest BCUT2D eigenvalue weighted by Crippen LogP contribution is -2.55. The molecule has 2 atom stereocenters. The number of carbonyl (C=O) groups is 1. The van der Waals surface area contributed by atoms with E-state index in [9.17, 15) is 10.1 Å². The van der Waals surface area contributed by atoms with Crippen molar-refractivity contribution in [3.05, 3.63) is 35.3 Å². The van der Waals surface area contributed by atoms with E-state index in [4.69, 9.17) is 5.53 Å². The van der Waals surface area contributed by atoms with Crippen molar-refractivity contribution in [2.24, 2.45) is 5.22 Å². The number of rotatable bonds is 7. The predicted molar refractivity (Wildman–Crippen MR) is 141 cm³/mol. The van der Waals surface area contributed by atoms with Crippen LogP contribution in [0.5, 0.6) is 0 Å². The van der Waals surface area contributed by atoms with Crippen LogP contribution in [0.25, 0.3) is 0 Å². The molecule has 200 valence electrons. The van der Waals surface area contributed by atoms with Crippen LogP contribution in [0, 0.1) is 22.7 Å². The zero-order chi connectivity index (χ0) is 27.0. The third-order valence-corrected chi connectivity index (χ3v) is 7.82. The first-order valence-corrected chi connectivity index (χ1v) is 13.0. The van der Waals surface area contributed by atoms with Gasteiger partial charge in [0, 0.05) is 24.7 Å². The largest absolute Gasteiger partial charge is 0.366 e. The number of nitriles is 1. The number of carbonyl (C=O) groups excluding carboxylic acids is 1. The van der Waals surface area contributed by atoms with Gasteiger partial charge in [-0.3, -0.25) is 4.90 Å². The first-order valence-electron chi connectivity index (χ1n) is 13.0. The Morgan fingerprint density at radius 3 is 2.82 bits per heavy atom. The number of aromatic nitrogens is 2. The highest BCUT2D eigenvalue weighted by Gasteiger charge is 2.43. The van der Waals surface area contributed by atoms with Gasteiger partial charge >= 0.3 is 6.03 Å². The molecule has 3 fully saturated rings. The van der Waals surface area contributed by atoms with Gasteiger partial charge in [0.05, 0.1) is 17.6 Å². The average Bonchev–Trinajstić information content (AvgIpc) is 3.62. The van der Waals surface area contributed by atoms with Crippen molar-refractivity contribution in [3.8, 4) is 6.07 Å². The molecule has 1 aromatic heterocycles. The van der Waals surface area contributed by atoms with Crippen molar-refractivity contribution in [2.75, 3.05) is 29.2 Å². The Bertz CT molecular complexity index is 1290. The highest BCUT2D eigenvalue weighted by molar-refractivity contribution is 5.92. The number of halogens is 1. The van der Waals surface area contributed by atoms with Crippen LogP contribution in [-0.2, 0) is 0 Å². The molecule has 1 aliphatic carbocycles. The number of anilines is 4. The summed E-state index contributed by atoms with van der Waals surface area (Å²) in [5.74, 6) is 0.0956. The van der Waals surface area contributed by atoms with Crippen LogP contribution in [-0.4, -0.2) is 52.1 Å². The van der Waals surface area contributed by atoms with E-state index in [0.717, 1.165) is 37.2 Å². The first-order chi connectivity index (χ1) is 18.2. The van der Waals surface area contributed by atoms with Gasteiger partial charge in [0.15, 0.2) is 0 Å². The fraction of sp³-hybridized carbons (Fsp3) is 0.538. The Balaban J connectivity index is 1.42. The Morgan fingerprint density at radius 2 is 2.13 bits per heavy atom. The summed E-state index contributed by atoms with van der Waals surface area (Å²) in [6.45, 7) is 5.63. The lowest BCUT2D eigenvalue weighted by Gasteiger charge is -2.47. The van der Waals surface area contributed by atoms with Gasteiger partial charge < -0.3 is 16.0 Å². The van der Waals surface area contributed by atoms with Crippen molar-refractivity contribution in [3.63, 3.8) is 0 Å². The summed E-state index contributed by atoms with van der Waals surface area (Å²) in [5.41, 5.74) is 8.85. The predicted octanol–water partition coefficient (Wildman–Crippen LogP) is 5.02. The van der Waals surface area contributed by atoms with E-state index in [1.165, 1.54) is 38.2 Å². The number of benzene rings is 1. The number of hydrogen-bond acceptors (Lipinski definition) is 9. The number of fused-ring (bicyclic) bond motifs is 1. The van der Waals surface area contributed by atoms with Crippen LogP contribution in [0.4, 0.5) is 32.3 Å². The molecular formula is C26H33FN10O. The van der Waals surface area contributed by atoms with Crippen LogP contribution < -0.4 is 21.0 Å². The van der Waals surface area contributed by atoms with E-state index >= 15 is 4.39 Å². The number of urea groups is 1. The highest BCUT2D eigenvalue weighted by Crippen LogP contribution is 2.46. The number of nitrogens with one attached hydrogen (secondary N) is 4. The molecule has 2 saturated heterocycles. The molecule has 3 heterocycles. The Morgan fingerprint density at radius 1 is 1.34 bits per heavy atom. The number of amides is 2. The Labute approximate surface area is 221 Å². The second-order valence-corrected chi connectivity index (χ2v) is 10.9. The van der Waals surface area contributed by atoms with E-state index in [1.807, 2.05) is 0 Å². The summed E-state index contributed by atoms with van der Waals surface area (Å²) >= 11 is 0. The third kappa shape index (κ3) is 4.98. The zero-order valence-electron chi connectivity index (χ0n) is 21.9. The van der Waals surface area contributed by atoms with Gasteiger partial charge in [0.1, 0.15) is 23.3 Å². The van der Waals surface area contributed by atoms with Gasteiger partial charge in [-0.2, -0.15) is 20.8 Å². The number of piperidine rings is 1. The van der Waals surface area contributed by atoms with Gasteiger partial charge in [0.25, 0.3) is 0 Å². The van der Waals surface area contributed by atoms with E-state index in [2.05, 4.69) is 56.0 Å². The molecule has 1 saturated carbocycles. The van der Waals surface area contributed by atoms with E-state index in [0.29, 0.717) is 28.7 Å². The molecule has 2 aliphatic heterocycles. The van der Waals surface area contributed by atoms with Crippen molar-refractivity contribution in [2.45, 2.75) is 75.9 Å². The molecule has 2 amide bonds. The van der Waals surface area contributed by atoms with Crippen LogP contribution in [0.1, 0.15) is 69.4 Å². The molecule has 2 unspecified atom stereocenters. The molecule has 11 nitrogen and oxygen atoms in total. The number of hydrogen-bond donors (Lipinski definition) is 4. The molecule has 0 bridgehead atoms. The summed E-state index contributed by atoms with van der Waals surface area (Å²) in [5, 5.41) is 22.8. The van der Waals surface area contributed by atoms with E-state index < -0.39 is 11.8 Å². The molecule has 4 N–H and O–H groups in total. The summed E-state index contributed by atoms with van der Waals surface area (Å²) < 4.78 is 15.2. The SMILES string of the molecule is CNC(=O)N(N=N)c1cc(Nc2ncc(C#N)c(NC3CC4CCCN4C(C)(C)C3)n2)c(F)cc1C1CC1. The molecule has 1 aromatic carbocycles. The first kappa shape index (κ1) is 25.8. The monoisotopic (exact) mass is 520 g/mol. The van der Waals surface area contributed by atoms with Crippen LogP contribution >= 0.6 is 0 Å². The van der Waals surface area contributed by atoms with Gasteiger partial charge in [-0.05, 0) is 82.5 Å². The van der Waals surface area contributed by atoms with E-state index in [1.54, 1.807) is 0 Å². The summed E-state index contributed by atoms with van der Waals surface area (Å²) in [7, 11) is 1.44. The van der Waals surface area contributed by atoms with Crippen molar-refractivity contribution in [1.29, 1.82) is 10.8 Å². The fourth-order valence-corrected chi connectivity index (χ4v) is 5.96. The molecular weight excluding hydrogens is 487 g/mol. The van der Waals surface area contributed by atoms with Gasteiger partial charge in [0.2, 0.25) is 5.95 Å². The minimum Gasteiger partial charge on any atom is -0.366 e. The van der Waals surface area contributed by atoms with Crippen molar-refractivity contribution in [1.82, 2.24) is 20.2 Å². The Hall–Kier alpha value is -3.85. The minimum atomic E-state index is -0.600. The minimum absolute atomic E-state index is 0.0398. The smallest absolute Gasteiger partial charge is 0.343 e. The average molecular weight is 521 g/mol. The third-order valence-electron chi connectivity index (χ3n) is 7.82. The standard InChI is InChI=1S/C26H33FN10O/c1-26(2)12-17(9-18-5-4-8-36(18)26)32-23-16(13-28)14-31-24(34-23)33-21-11-22(37(35-29)25(38)30-3)19(10-20(21)27)15-6-7-15/h10-11,14-15,17-18,29H,4-9,12H2,1-3H3,(H,30,38)(H2,31,32,33,34). The van der Waals surface area contributed by atoms with Gasteiger partial charge in [-0.15, -0.1) is 0 Å². The molecule has 5 rings (SSSR count). The second-order valence-electron chi connectivity index (χ2n) is 10.9. The Kier molecular flexibility index (Phi) is 6.88. The molecule has 12 heteroatoms. The van der Waals surface area contributed by atoms with Crippen LogP contribution in [0.2, 0.25) is 0 Å². The maximum atomic E-state index is 15.2. The van der Waals surface area contributed by atoms with E-state index in [-0.39, 0.29) is 29.1 Å². The summed E-state index contributed by atoms with van der Waals surface area (Å²) in [6, 6.07) is 5.01. The highest BCUT2D eigenvalue weighted by atomic mass is 19.1. The maximum absolute atomic E-state index is 15.2. The maximum Gasteiger partial charge on any atom is 0.343 e. The molecule has 2 aromatic rings. The second kappa shape index (κ2) is 10.1. The van der Waals surface area contributed by atoms with Gasteiger partial charge in [-0.25, -0.2) is 14.2 Å². The zero-order valence-corrected chi connectivity index (χ0v) is 21.9. The summed E-state index contributed by atoms with van der Waals surface area (Å²) in [4.78, 5) is 23.7. The molecule has 38 heavy (non-hydrogen) atoms.